The second-order valence-corrected chi connectivity index (χ2v) is 4.72. The summed E-state index contributed by atoms with van der Waals surface area (Å²) in [5.41, 5.74) is 0. The summed E-state index contributed by atoms with van der Waals surface area (Å²) < 4.78 is 37.8. The maximum absolute atomic E-state index is 12.6. The first-order valence-corrected chi connectivity index (χ1v) is 5.50. The fourth-order valence-electron chi connectivity index (χ4n) is 2.27. The minimum atomic E-state index is -4.06. The van der Waals surface area contributed by atoms with E-state index in [0.29, 0.717) is 18.5 Å². The molecule has 0 spiro atoms. The zero-order chi connectivity index (χ0) is 11.1. The van der Waals surface area contributed by atoms with Gasteiger partial charge in [-0.1, -0.05) is 6.92 Å². The first-order chi connectivity index (χ1) is 6.98. The molecule has 1 saturated heterocycles. The summed E-state index contributed by atoms with van der Waals surface area (Å²) in [5, 5.41) is 2.87. The Morgan fingerprint density at radius 1 is 1.33 bits per heavy atom. The highest BCUT2D eigenvalue weighted by Gasteiger charge is 2.45. The zero-order valence-corrected chi connectivity index (χ0v) is 8.85. The van der Waals surface area contributed by atoms with E-state index in [1.54, 1.807) is 0 Å². The Balaban J connectivity index is 1.96. The summed E-state index contributed by atoms with van der Waals surface area (Å²) in [6.07, 6.45) is -3.00. The molecule has 1 aliphatic carbocycles. The van der Waals surface area contributed by atoms with E-state index in [1.807, 2.05) is 4.90 Å². The van der Waals surface area contributed by atoms with Crippen molar-refractivity contribution >= 4 is 0 Å². The van der Waals surface area contributed by atoms with Crippen LogP contribution < -0.4 is 5.32 Å². The van der Waals surface area contributed by atoms with Gasteiger partial charge in [0.2, 0.25) is 0 Å². The van der Waals surface area contributed by atoms with Crippen molar-refractivity contribution in [3.8, 4) is 0 Å². The maximum atomic E-state index is 12.6. The van der Waals surface area contributed by atoms with Gasteiger partial charge >= 0.3 is 6.18 Å². The van der Waals surface area contributed by atoms with Gasteiger partial charge in [0.15, 0.2) is 0 Å². The second kappa shape index (κ2) is 3.94. The quantitative estimate of drug-likeness (QED) is 0.723. The molecule has 0 radical (unpaired) electrons. The largest absolute Gasteiger partial charge is 0.394 e. The van der Waals surface area contributed by atoms with Crippen LogP contribution in [0.15, 0.2) is 0 Å². The Labute approximate surface area is 87.8 Å². The molecule has 88 valence electrons. The SMILES string of the molecule is CC1CC1N1CCNCC(C(F)(F)F)C1. The summed E-state index contributed by atoms with van der Waals surface area (Å²) in [4.78, 5) is 2.00. The average Bonchev–Trinajstić information content (AvgIpc) is 2.84. The molecule has 0 aromatic rings. The molecule has 0 bridgehead atoms. The van der Waals surface area contributed by atoms with Gasteiger partial charge in [0.1, 0.15) is 0 Å². The third kappa shape index (κ3) is 2.64. The Morgan fingerprint density at radius 3 is 2.53 bits per heavy atom. The Kier molecular flexibility index (Phi) is 2.94. The van der Waals surface area contributed by atoms with Crippen LogP contribution in [0.1, 0.15) is 13.3 Å². The predicted octanol–water partition coefficient (Wildman–Crippen LogP) is 1.48. The topological polar surface area (TPSA) is 15.3 Å². The van der Waals surface area contributed by atoms with Crippen molar-refractivity contribution in [2.75, 3.05) is 26.2 Å². The van der Waals surface area contributed by atoms with Crippen LogP contribution >= 0.6 is 0 Å². The highest BCUT2D eigenvalue weighted by atomic mass is 19.4. The Morgan fingerprint density at radius 2 is 2.00 bits per heavy atom. The molecule has 1 N–H and O–H groups in total. The average molecular weight is 222 g/mol. The fraction of sp³-hybridized carbons (Fsp3) is 1.00. The number of nitrogens with zero attached hydrogens (tertiary/aromatic N) is 1. The van der Waals surface area contributed by atoms with Crippen LogP contribution in [0.5, 0.6) is 0 Å². The molecule has 2 nitrogen and oxygen atoms in total. The van der Waals surface area contributed by atoms with Crippen LogP contribution in [-0.2, 0) is 0 Å². The minimum absolute atomic E-state index is 0.0705. The fourth-order valence-corrected chi connectivity index (χ4v) is 2.27. The number of rotatable bonds is 1. The van der Waals surface area contributed by atoms with Gasteiger partial charge in [-0.15, -0.1) is 0 Å². The lowest BCUT2D eigenvalue weighted by Crippen LogP contribution is -2.39. The molecule has 0 amide bonds. The van der Waals surface area contributed by atoms with Gasteiger partial charge in [-0.3, -0.25) is 4.90 Å². The van der Waals surface area contributed by atoms with Crippen LogP contribution in [0, 0.1) is 11.8 Å². The van der Waals surface area contributed by atoms with Crippen LogP contribution in [-0.4, -0.2) is 43.3 Å². The maximum Gasteiger partial charge on any atom is 0.394 e. The van der Waals surface area contributed by atoms with Crippen molar-refractivity contribution in [3.63, 3.8) is 0 Å². The highest BCUT2D eigenvalue weighted by Crippen LogP contribution is 2.37. The molecule has 15 heavy (non-hydrogen) atoms. The van der Waals surface area contributed by atoms with Crippen molar-refractivity contribution in [1.82, 2.24) is 10.2 Å². The first kappa shape index (κ1) is 11.2. The molecular formula is C10H17F3N2. The van der Waals surface area contributed by atoms with Crippen LogP contribution in [0.25, 0.3) is 0 Å². The van der Waals surface area contributed by atoms with Crippen LogP contribution in [0.2, 0.25) is 0 Å². The lowest BCUT2D eigenvalue weighted by molar-refractivity contribution is -0.176. The van der Waals surface area contributed by atoms with Gasteiger partial charge in [-0.2, -0.15) is 13.2 Å². The monoisotopic (exact) mass is 222 g/mol. The number of nitrogens with one attached hydrogen (secondary N) is 1. The molecule has 3 unspecified atom stereocenters. The lowest BCUT2D eigenvalue weighted by atomic mass is 10.1. The predicted molar refractivity (Wildman–Crippen MR) is 51.6 cm³/mol. The zero-order valence-electron chi connectivity index (χ0n) is 8.85. The summed E-state index contributed by atoms with van der Waals surface area (Å²) >= 11 is 0. The molecule has 2 rings (SSSR count). The van der Waals surface area contributed by atoms with Crippen molar-refractivity contribution in [3.05, 3.63) is 0 Å². The van der Waals surface area contributed by atoms with E-state index in [2.05, 4.69) is 12.2 Å². The van der Waals surface area contributed by atoms with Gasteiger partial charge in [0.05, 0.1) is 5.92 Å². The molecule has 1 heterocycles. The highest BCUT2D eigenvalue weighted by molar-refractivity contribution is 4.94. The standard InChI is InChI=1S/C10H17F3N2/c1-7-4-9(7)15-3-2-14-5-8(6-15)10(11,12)13/h7-9,14H,2-6H2,1H3. The number of hydrogen-bond donors (Lipinski definition) is 1. The van der Waals surface area contributed by atoms with Crippen molar-refractivity contribution in [2.24, 2.45) is 11.8 Å². The molecule has 2 aliphatic rings. The molecule has 0 aromatic carbocycles. The smallest absolute Gasteiger partial charge is 0.315 e. The van der Waals surface area contributed by atoms with E-state index in [4.69, 9.17) is 0 Å². The van der Waals surface area contributed by atoms with Gasteiger partial charge in [-0.05, 0) is 12.3 Å². The minimum Gasteiger partial charge on any atom is -0.315 e. The van der Waals surface area contributed by atoms with E-state index in [-0.39, 0.29) is 13.1 Å². The van der Waals surface area contributed by atoms with Crippen molar-refractivity contribution in [2.45, 2.75) is 25.6 Å². The molecule has 3 atom stereocenters. The summed E-state index contributed by atoms with van der Waals surface area (Å²) in [6, 6.07) is 0.398. The van der Waals surface area contributed by atoms with E-state index >= 15 is 0 Å². The first-order valence-electron chi connectivity index (χ1n) is 5.50. The number of halogens is 3. The van der Waals surface area contributed by atoms with Crippen LogP contribution in [0.3, 0.4) is 0 Å². The normalized spacial score (nSPS) is 38.8. The van der Waals surface area contributed by atoms with Crippen molar-refractivity contribution in [1.29, 1.82) is 0 Å². The summed E-state index contributed by atoms with van der Waals surface area (Å²) in [7, 11) is 0. The number of alkyl halides is 3. The second-order valence-electron chi connectivity index (χ2n) is 4.72. The molecule has 1 aliphatic heterocycles. The third-order valence-electron chi connectivity index (χ3n) is 3.42. The third-order valence-corrected chi connectivity index (χ3v) is 3.42. The lowest BCUT2D eigenvalue weighted by Gasteiger charge is -2.25. The van der Waals surface area contributed by atoms with Crippen LogP contribution in [0.4, 0.5) is 13.2 Å². The Bertz CT molecular complexity index is 229. The van der Waals surface area contributed by atoms with Gasteiger partial charge in [0.25, 0.3) is 0 Å². The molecule has 1 saturated carbocycles. The van der Waals surface area contributed by atoms with Gasteiger partial charge in [0, 0.05) is 32.2 Å². The molecule has 0 aromatic heterocycles. The Hall–Kier alpha value is -0.290. The summed E-state index contributed by atoms with van der Waals surface area (Å²) in [6.45, 7) is 3.77. The van der Waals surface area contributed by atoms with E-state index < -0.39 is 12.1 Å². The van der Waals surface area contributed by atoms with Gasteiger partial charge < -0.3 is 5.32 Å². The summed E-state index contributed by atoms with van der Waals surface area (Å²) in [5.74, 6) is -0.621. The van der Waals surface area contributed by atoms with E-state index in [9.17, 15) is 13.2 Å². The van der Waals surface area contributed by atoms with E-state index in [1.165, 1.54) is 0 Å². The van der Waals surface area contributed by atoms with E-state index in [0.717, 1.165) is 13.0 Å². The number of hydrogen-bond acceptors (Lipinski definition) is 2. The molecular weight excluding hydrogens is 205 g/mol. The molecule has 2 fully saturated rings. The molecule has 5 heteroatoms. The van der Waals surface area contributed by atoms with Gasteiger partial charge in [-0.25, -0.2) is 0 Å². The van der Waals surface area contributed by atoms with Crippen molar-refractivity contribution < 1.29 is 13.2 Å².